The highest BCUT2D eigenvalue weighted by atomic mass is 32.2. The number of benzene rings is 1. The maximum absolute atomic E-state index is 12.7. The molecule has 0 unspecified atom stereocenters. The first-order valence-electron chi connectivity index (χ1n) is 8.30. The number of piperidine rings is 1. The number of ether oxygens (including phenoxy) is 1. The summed E-state index contributed by atoms with van der Waals surface area (Å²) in [6, 6.07) is 7.84. The van der Waals surface area contributed by atoms with E-state index in [1.54, 1.807) is 18.9 Å². The summed E-state index contributed by atoms with van der Waals surface area (Å²) in [7, 11) is 1.74. The van der Waals surface area contributed by atoms with E-state index in [1.807, 2.05) is 24.3 Å². The second kappa shape index (κ2) is 8.71. The fourth-order valence-corrected chi connectivity index (χ4v) is 3.96. The zero-order chi connectivity index (χ0) is 16.7. The quantitative estimate of drug-likeness (QED) is 0.752. The fourth-order valence-electron chi connectivity index (χ4n) is 3.01. The lowest BCUT2D eigenvalue weighted by molar-refractivity contribution is 0.0511. The minimum Gasteiger partial charge on any atom is -0.384 e. The molecule has 0 bridgehead atoms. The van der Waals surface area contributed by atoms with E-state index >= 15 is 0 Å². The molecule has 23 heavy (non-hydrogen) atoms. The third kappa shape index (κ3) is 5.23. The molecule has 1 fully saturated rings. The van der Waals surface area contributed by atoms with Crippen LogP contribution in [0.25, 0.3) is 0 Å². The number of methoxy groups -OCH3 is 1. The Kier molecular flexibility index (Phi) is 6.93. The Morgan fingerprint density at radius 3 is 2.70 bits per heavy atom. The van der Waals surface area contributed by atoms with Gasteiger partial charge in [0.05, 0.1) is 12.2 Å². The van der Waals surface area contributed by atoms with E-state index in [0.717, 1.165) is 36.4 Å². The van der Waals surface area contributed by atoms with Gasteiger partial charge in [0.1, 0.15) is 0 Å². The topological polar surface area (TPSA) is 50.4 Å². The minimum absolute atomic E-state index is 0.0164. The molecule has 0 spiro atoms. The van der Waals surface area contributed by atoms with Gasteiger partial charge in [0.25, 0.3) is 5.91 Å². The smallest absolute Gasteiger partial charge is 0.252 e. The first-order chi connectivity index (χ1) is 11.1. The van der Waals surface area contributed by atoms with Crippen molar-refractivity contribution in [2.24, 2.45) is 5.41 Å². The summed E-state index contributed by atoms with van der Waals surface area (Å²) in [5.74, 6) is 0.0164. The summed E-state index contributed by atoms with van der Waals surface area (Å²) in [5.41, 5.74) is 0.822. The average Bonchev–Trinajstić information content (AvgIpc) is 2.54. The van der Waals surface area contributed by atoms with E-state index < -0.39 is 0 Å². The molecule has 0 aliphatic carbocycles. The molecule has 2 rings (SSSR count). The number of amides is 1. The molecule has 0 saturated carbocycles. The molecule has 4 nitrogen and oxygen atoms in total. The lowest BCUT2D eigenvalue weighted by Crippen LogP contribution is -2.47. The molecule has 1 aromatic carbocycles. The maximum Gasteiger partial charge on any atom is 0.252 e. The summed E-state index contributed by atoms with van der Waals surface area (Å²) in [4.78, 5) is 13.7. The van der Waals surface area contributed by atoms with Crippen molar-refractivity contribution >= 4 is 17.7 Å². The maximum atomic E-state index is 12.7. The molecule has 1 amide bonds. The second-order valence-electron chi connectivity index (χ2n) is 6.53. The Labute approximate surface area is 143 Å². The van der Waals surface area contributed by atoms with Crippen LogP contribution in [-0.2, 0) is 4.74 Å². The average molecular weight is 337 g/mol. The van der Waals surface area contributed by atoms with Crippen molar-refractivity contribution in [3.63, 3.8) is 0 Å². The monoisotopic (exact) mass is 336 g/mol. The van der Waals surface area contributed by atoms with E-state index in [1.165, 1.54) is 0 Å². The zero-order valence-corrected chi connectivity index (χ0v) is 15.2. The minimum atomic E-state index is 0.0164. The highest BCUT2D eigenvalue weighted by Gasteiger charge is 2.32. The number of carbonyl (C=O) groups is 1. The number of rotatable bonds is 7. The largest absolute Gasteiger partial charge is 0.384 e. The molecule has 1 aliphatic rings. The molecule has 0 atom stereocenters. The Morgan fingerprint density at radius 2 is 2.04 bits per heavy atom. The molecular formula is C18H28N2O2S. The molecule has 1 aliphatic heterocycles. The van der Waals surface area contributed by atoms with Gasteiger partial charge >= 0.3 is 0 Å². The highest BCUT2D eigenvalue weighted by molar-refractivity contribution is 8.00. The van der Waals surface area contributed by atoms with Crippen LogP contribution in [0.1, 0.15) is 37.0 Å². The predicted molar refractivity (Wildman–Crippen MR) is 96.2 cm³/mol. The van der Waals surface area contributed by atoms with Crippen molar-refractivity contribution < 1.29 is 9.53 Å². The van der Waals surface area contributed by atoms with Crippen LogP contribution in [0.2, 0.25) is 0 Å². The number of nitrogens with one attached hydrogen (secondary N) is 2. The summed E-state index contributed by atoms with van der Waals surface area (Å²) in [6.45, 7) is 7.61. The van der Waals surface area contributed by atoms with Crippen molar-refractivity contribution in [2.45, 2.75) is 36.8 Å². The Morgan fingerprint density at radius 1 is 1.35 bits per heavy atom. The van der Waals surface area contributed by atoms with Crippen LogP contribution in [0.15, 0.2) is 29.2 Å². The Balaban J connectivity index is 2.03. The van der Waals surface area contributed by atoms with Gasteiger partial charge in [0, 0.05) is 29.2 Å². The number of hydrogen-bond acceptors (Lipinski definition) is 4. The molecular weight excluding hydrogens is 308 g/mol. The Bertz CT molecular complexity index is 508. The SMILES string of the molecule is COCC1(CNC(=O)c2ccccc2SC(C)C)CCNCC1. The van der Waals surface area contributed by atoms with Crippen LogP contribution in [0.4, 0.5) is 0 Å². The van der Waals surface area contributed by atoms with Gasteiger partial charge in [-0.25, -0.2) is 0 Å². The highest BCUT2D eigenvalue weighted by Crippen LogP contribution is 2.29. The summed E-state index contributed by atoms with van der Waals surface area (Å²) in [5, 5.41) is 6.98. The van der Waals surface area contributed by atoms with Crippen LogP contribution in [-0.4, -0.2) is 44.5 Å². The number of hydrogen-bond donors (Lipinski definition) is 2. The number of thioether (sulfide) groups is 1. The van der Waals surface area contributed by atoms with Crippen molar-refractivity contribution in [1.82, 2.24) is 10.6 Å². The van der Waals surface area contributed by atoms with Crippen molar-refractivity contribution in [3.8, 4) is 0 Å². The standard InChI is InChI=1S/C18H28N2O2S/c1-14(2)23-16-7-5-4-6-15(16)17(21)20-12-18(13-22-3)8-10-19-11-9-18/h4-7,14,19H,8-13H2,1-3H3,(H,20,21). The van der Waals surface area contributed by atoms with E-state index in [2.05, 4.69) is 24.5 Å². The molecule has 0 aromatic heterocycles. The summed E-state index contributed by atoms with van der Waals surface area (Å²) in [6.07, 6.45) is 2.06. The van der Waals surface area contributed by atoms with Gasteiger partial charge in [-0.2, -0.15) is 0 Å². The molecule has 5 heteroatoms. The summed E-state index contributed by atoms with van der Waals surface area (Å²) >= 11 is 1.73. The third-order valence-electron chi connectivity index (χ3n) is 4.23. The van der Waals surface area contributed by atoms with E-state index in [9.17, 15) is 4.79 Å². The lowest BCUT2D eigenvalue weighted by atomic mass is 9.79. The number of carbonyl (C=O) groups excluding carboxylic acids is 1. The third-order valence-corrected chi connectivity index (χ3v) is 5.31. The molecule has 128 valence electrons. The van der Waals surface area contributed by atoms with Gasteiger partial charge in [0.2, 0.25) is 0 Å². The second-order valence-corrected chi connectivity index (χ2v) is 8.15. The molecule has 1 saturated heterocycles. The Hall–Kier alpha value is -1.04. The first kappa shape index (κ1) is 18.3. The predicted octanol–water partition coefficient (Wildman–Crippen LogP) is 2.93. The van der Waals surface area contributed by atoms with Crippen LogP contribution in [0.3, 0.4) is 0 Å². The zero-order valence-electron chi connectivity index (χ0n) is 14.4. The van der Waals surface area contributed by atoms with Gasteiger partial charge in [-0.1, -0.05) is 26.0 Å². The molecule has 1 heterocycles. The molecule has 1 aromatic rings. The van der Waals surface area contributed by atoms with Gasteiger partial charge in [0.15, 0.2) is 0 Å². The van der Waals surface area contributed by atoms with Crippen molar-refractivity contribution in [1.29, 1.82) is 0 Å². The van der Waals surface area contributed by atoms with Crippen molar-refractivity contribution in [2.75, 3.05) is 33.4 Å². The van der Waals surface area contributed by atoms with Crippen LogP contribution < -0.4 is 10.6 Å². The van der Waals surface area contributed by atoms with E-state index in [4.69, 9.17) is 4.74 Å². The van der Waals surface area contributed by atoms with Gasteiger partial charge in [-0.15, -0.1) is 11.8 Å². The van der Waals surface area contributed by atoms with Crippen LogP contribution >= 0.6 is 11.8 Å². The molecule has 2 N–H and O–H groups in total. The van der Waals surface area contributed by atoms with E-state index in [-0.39, 0.29) is 11.3 Å². The fraction of sp³-hybridized carbons (Fsp3) is 0.611. The van der Waals surface area contributed by atoms with Crippen LogP contribution in [0, 0.1) is 5.41 Å². The van der Waals surface area contributed by atoms with Gasteiger partial charge < -0.3 is 15.4 Å². The summed E-state index contributed by atoms with van der Waals surface area (Å²) < 4.78 is 5.42. The normalized spacial score (nSPS) is 17.2. The lowest BCUT2D eigenvalue weighted by Gasteiger charge is -2.37. The van der Waals surface area contributed by atoms with Crippen LogP contribution in [0.5, 0.6) is 0 Å². The molecule has 0 radical (unpaired) electrons. The van der Waals surface area contributed by atoms with Crippen molar-refractivity contribution in [3.05, 3.63) is 29.8 Å². The van der Waals surface area contributed by atoms with Gasteiger partial charge in [-0.05, 0) is 38.1 Å². The van der Waals surface area contributed by atoms with Gasteiger partial charge in [-0.3, -0.25) is 4.79 Å². The first-order valence-corrected chi connectivity index (χ1v) is 9.18. The van der Waals surface area contributed by atoms with E-state index in [0.29, 0.717) is 18.4 Å².